The number of benzene rings is 1. The lowest BCUT2D eigenvalue weighted by atomic mass is 9.43. The smallest absolute Gasteiger partial charge is 0.404 e. The summed E-state index contributed by atoms with van der Waals surface area (Å²) < 4.78 is 16.8. The van der Waals surface area contributed by atoms with Crippen LogP contribution in [0.15, 0.2) is 30.3 Å². The van der Waals surface area contributed by atoms with Gasteiger partial charge in [-0.05, 0) is 49.0 Å². The zero-order chi connectivity index (χ0) is 22.1. The molecule has 4 aliphatic rings. The van der Waals surface area contributed by atoms with Crippen LogP contribution in [-0.2, 0) is 15.7 Å². The van der Waals surface area contributed by atoms with E-state index < -0.39 is 16.5 Å². The van der Waals surface area contributed by atoms with Gasteiger partial charge in [-0.25, -0.2) is 0 Å². The van der Waals surface area contributed by atoms with E-state index in [1.165, 1.54) is 12.0 Å². The van der Waals surface area contributed by atoms with Crippen molar-refractivity contribution in [2.75, 3.05) is 0 Å². The summed E-state index contributed by atoms with van der Waals surface area (Å²) in [6.45, 7) is 22.2. The third-order valence-corrected chi connectivity index (χ3v) is 15.9. The maximum atomic E-state index is 7.02. The molecule has 166 valence electrons. The first-order valence-corrected chi connectivity index (χ1v) is 18.8. The Morgan fingerprint density at radius 2 is 1.60 bits per heavy atom. The maximum Gasteiger partial charge on any atom is 0.475 e. The zero-order valence-electron chi connectivity index (χ0n) is 20.7. The van der Waals surface area contributed by atoms with Gasteiger partial charge < -0.3 is 13.5 Å². The van der Waals surface area contributed by atoms with E-state index in [-0.39, 0.29) is 24.8 Å². The summed E-state index contributed by atoms with van der Waals surface area (Å²) >= 11 is 0. The van der Waals surface area contributed by atoms with Crippen molar-refractivity contribution in [1.29, 1.82) is 0 Å². The Kier molecular flexibility index (Phi) is 5.55. The molecule has 4 fully saturated rings. The van der Waals surface area contributed by atoms with E-state index in [0.29, 0.717) is 11.3 Å². The molecule has 3 saturated carbocycles. The molecule has 30 heavy (non-hydrogen) atoms. The van der Waals surface area contributed by atoms with E-state index in [1.807, 2.05) is 0 Å². The molecule has 2 bridgehead atoms. The fourth-order valence-corrected chi connectivity index (χ4v) is 17.7. The van der Waals surface area contributed by atoms with Crippen LogP contribution >= 0.6 is 0 Å². The molecule has 1 aromatic carbocycles. The van der Waals surface area contributed by atoms with Crippen molar-refractivity contribution in [3.63, 3.8) is 0 Å². The van der Waals surface area contributed by atoms with E-state index in [2.05, 4.69) is 94.6 Å². The summed E-state index contributed by atoms with van der Waals surface area (Å²) in [5, 5.41) is 0. The molecule has 0 amide bonds. The minimum atomic E-state index is -1.58. The Morgan fingerprint density at radius 3 is 2.13 bits per heavy atom. The highest BCUT2D eigenvalue weighted by Gasteiger charge is 2.69. The van der Waals surface area contributed by atoms with Gasteiger partial charge in [-0.1, -0.05) is 83.5 Å². The van der Waals surface area contributed by atoms with E-state index >= 15 is 0 Å². The number of rotatable bonds is 6. The van der Waals surface area contributed by atoms with Crippen molar-refractivity contribution in [3.8, 4) is 0 Å². The average Bonchev–Trinajstić information content (AvgIpc) is 2.96. The quantitative estimate of drug-likeness (QED) is 0.516. The molecule has 0 spiro atoms. The third kappa shape index (κ3) is 3.70. The normalized spacial score (nSPS) is 33.9. The molecule has 0 N–H and O–H groups in total. The first-order valence-electron chi connectivity index (χ1n) is 11.9. The van der Waals surface area contributed by atoms with Gasteiger partial charge in [0.15, 0.2) is 0 Å². The second kappa shape index (κ2) is 7.31. The average molecular weight is 444 g/mol. The molecule has 5 rings (SSSR count). The van der Waals surface area contributed by atoms with Gasteiger partial charge in [0.1, 0.15) is 16.5 Å². The highest BCUT2D eigenvalue weighted by atomic mass is 28.4. The van der Waals surface area contributed by atoms with Crippen LogP contribution in [0.2, 0.25) is 39.3 Å². The van der Waals surface area contributed by atoms with Crippen LogP contribution < -0.4 is 0 Å². The summed E-state index contributed by atoms with van der Waals surface area (Å²) in [6, 6.07) is 11.0. The summed E-state index contributed by atoms with van der Waals surface area (Å²) in [6.07, 6.45) is 3.72. The summed E-state index contributed by atoms with van der Waals surface area (Å²) in [5.74, 6) is 1.69. The van der Waals surface area contributed by atoms with Gasteiger partial charge in [0, 0.05) is 5.94 Å². The van der Waals surface area contributed by atoms with Crippen molar-refractivity contribution in [1.82, 2.24) is 4.23 Å². The molecule has 1 saturated heterocycles. The van der Waals surface area contributed by atoms with Crippen molar-refractivity contribution in [2.24, 2.45) is 17.3 Å². The molecule has 3 aliphatic carbocycles. The van der Waals surface area contributed by atoms with Crippen LogP contribution in [0.1, 0.15) is 39.2 Å². The lowest BCUT2D eigenvalue weighted by Crippen LogP contribution is -2.68. The fourth-order valence-electron chi connectivity index (χ4n) is 7.23. The van der Waals surface area contributed by atoms with E-state index in [9.17, 15) is 0 Å². The predicted molar refractivity (Wildman–Crippen MR) is 133 cm³/mol. The molecule has 3 nitrogen and oxygen atoms in total. The summed E-state index contributed by atoms with van der Waals surface area (Å²) in [4.78, 5) is 0. The Balaban J connectivity index is 1.68. The first kappa shape index (κ1) is 22.8. The molecular weight excluding hydrogens is 401 g/mol. The Hall–Kier alpha value is -0.401. The summed E-state index contributed by atoms with van der Waals surface area (Å²) in [5.41, 5.74) is 1.64. The van der Waals surface area contributed by atoms with Crippen LogP contribution in [0.4, 0.5) is 0 Å². The van der Waals surface area contributed by atoms with Gasteiger partial charge in [-0.2, -0.15) is 0 Å². The van der Waals surface area contributed by atoms with Crippen LogP contribution in [-0.4, -0.2) is 45.5 Å². The molecule has 1 aromatic rings. The van der Waals surface area contributed by atoms with E-state index in [4.69, 9.17) is 9.31 Å². The topological polar surface area (TPSA) is 21.7 Å². The van der Waals surface area contributed by atoms with E-state index in [0.717, 1.165) is 18.8 Å². The standard InChI is InChI=1S/C24H42BNO2Si2/c1-23(2)19-16-20(23)24(3)21(17-19)27-25(28-24)22(15-18-13-11-10-12-14-18)26(29(4,5)6)30(7,8)9/h10-14,19-22H,15-17H2,1-9H3/t19-,20-,21+,22+,24-/m0/s1. The number of hydrogen-bond acceptors (Lipinski definition) is 3. The minimum absolute atomic E-state index is 0.131. The highest BCUT2D eigenvalue weighted by Crippen LogP contribution is 2.65. The van der Waals surface area contributed by atoms with Crippen LogP contribution in [0.25, 0.3) is 0 Å². The largest absolute Gasteiger partial charge is 0.475 e. The van der Waals surface area contributed by atoms with Crippen LogP contribution in [0.3, 0.4) is 0 Å². The van der Waals surface area contributed by atoms with Gasteiger partial charge in [-0.15, -0.1) is 0 Å². The molecular formula is C24H42BNO2Si2. The molecule has 5 atom stereocenters. The van der Waals surface area contributed by atoms with Crippen LogP contribution in [0.5, 0.6) is 0 Å². The predicted octanol–water partition coefficient (Wildman–Crippen LogP) is 5.84. The van der Waals surface area contributed by atoms with Gasteiger partial charge >= 0.3 is 7.12 Å². The molecule has 0 aromatic heterocycles. The van der Waals surface area contributed by atoms with Crippen molar-refractivity contribution in [2.45, 2.75) is 97.0 Å². The van der Waals surface area contributed by atoms with Gasteiger partial charge in [0.05, 0.1) is 11.7 Å². The fraction of sp³-hybridized carbons (Fsp3) is 0.750. The third-order valence-electron chi connectivity index (χ3n) is 8.35. The summed E-state index contributed by atoms with van der Waals surface area (Å²) in [7, 11) is -3.29. The Morgan fingerprint density at radius 1 is 1.00 bits per heavy atom. The van der Waals surface area contributed by atoms with Gasteiger partial charge in [0.25, 0.3) is 0 Å². The molecule has 0 radical (unpaired) electrons. The zero-order valence-corrected chi connectivity index (χ0v) is 22.7. The van der Waals surface area contributed by atoms with Crippen molar-refractivity contribution >= 4 is 23.6 Å². The Labute approximate surface area is 187 Å². The van der Waals surface area contributed by atoms with Gasteiger partial charge in [0.2, 0.25) is 0 Å². The molecule has 6 heteroatoms. The Bertz CT molecular complexity index is 762. The minimum Gasteiger partial charge on any atom is -0.404 e. The molecule has 0 unspecified atom stereocenters. The lowest BCUT2D eigenvalue weighted by molar-refractivity contribution is -0.199. The van der Waals surface area contributed by atoms with Crippen LogP contribution in [0, 0.1) is 17.3 Å². The lowest BCUT2D eigenvalue weighted by Gasteiger charge is -2.64. The maximum absolute atomic E-state index is 7.02. The number of nitrogens with zero attached hydrogens (tertiary/aromatic N) is 1. The molecule has 1 heterocycles. The van der Waals surface area contributed by atoms with E-state index in [1.54, 1.807) is 0 Å². The second-order valence-electron chi connectivity index (χ2n) is 12.8. The SMILES string of the molecule is CC1(C)[C@@H]2C[C@H]3OB([C@@H](Cc4ccccc4)N([Si](C)(C)C)[Si](C)(C)C)O[C@@]3(C)[C@H]1C2. The highest BCUT2D eigenvalue weighted by molar-refractivity contribution is 6.90. The first-order chi connectivity index (χ1) is 13.7. The van der Waals surface area contributed by atoms with Crippen molar-refractivity contribution in [3.05, 3.63) is 35.9 Å². The number of hydrogen-bond donors (Lipinski definition) is 0. The van der Waals surface area contributed by atoms with Crippen molar-refractivity contribution < 1.29 is 9.31 Å². The second-order valence-corrected chi connectivity index (χ2v) is 22.9. The molecule has 1 aliphatic heterocycles. The monoisotopic (exact) mass is 443 g/mol. The van der Waals surface area contributed by atoms with Gasteiger partial charge in [-0.3, -0.25) is 0 Å².